The minimum atomic E-state index is -4.67. The van der Waals surface area contributed by atoms with Crippen LogP contribution in [-0.4, -0.2) is 55.7 Å². The molecular formula is C13H17F3N2O2. The first-order valence-corrected chi connectivity index (χ1v) is 6.42. The van der Waals surface area contributed by atoms with E-state index in [0.717, 1.165) is 31.9 Å². The summed E-state index contributed by atoms with van der Waals surface area (Å²) in [6, 6.07) is 6.01. The SMILES string of the molecule is OCCN1CCN(c2cccc(OC(F)(F)F)c2)CC1. The van der Waals surface area contributed by atoms with Crippen LogP contribution in [0.15, 0.2) is 24.3 Å². The maximum atomic E-state index is 12.2. The number of ether oxygens (including phenoxy) is 1. The second-order valence-electron chi connectivity index (χ2n) is 4.60. The zero-order valence-electron chi connectivity index (χ0n) is 10.9. The van der Waals surface area contributed by atoms with E-state index in [0.29, 0.717) is 6.54 Å². The van der Waals surface area contributed by atoms with E-state index in [1.54, 1.807) is 12.1 Å². The van der Waals surface area contributed by atoms with Crippen LogP contribution in [-0.2, 0) is 0 Å². The first kappa shape index (κ1) is 14.9. The van der Waals surface area contributed by atoms with Crippen LogP contribution >= 0.6 is 0 Å². The van der Waals surface area contributed by atoms with Crippen molar-refractivity contribution in [3.63, 3.8) is 0 Å². The molecule has 1 aromatic rings. The quantitative estimate of drug-likeness (QED) is 0.915. The number of hydrogen-bond donors (Lipinski definition) is 1. The highest BCUT2D eigenvalue weighted by molar-refractivity contribution is 5.51. The molecule has 0 aromatic heterocycles. The van der Waals surface area contributed by atoms with Gasteiger partial charge in [-0.25, -0.2) is 0 Å². The molecule has 1 aromatic carbocycles. The van der Waals surface area contributed by atoms with Crippen LogP contribution in [0.3, 0.4) is 0 Å². The normalized spacial score (nSPS) is 17.3. The Morgan fingerprint density at radius 2 is 1.85 bits per heavy atom. The summed E-state index contributed by atoms with van der Waals surface area (Å²) in [5.74, 6) is -0.201. The highest BCUT2D eigenvalue weighted by atomic mass is 19.4. The van der Waals surface area contributed by atoms with Crippen molar-refractivity contribution in [2.24, 2.45) is 0 Å². The van der Waals surface area contributed by atoms with Crippen molar-refractivity contribution < 1.29 is 23.0 Å². The van der Waals surface area contributed by atoms with Crippen molar-refractivity contribution in [2.45, 2.75) is 6.36 Å². The van der Waals surface area contributed by atoms with E-state index in [1.165, 1.54) is 12.1 Å². The van der Waals surface area contributed by atoms with E-state index in [-0.39, 0.29) is 12.4 Å². The number of hydrogen-bond acceptors (Lipinski definition) is 4. The molecule has 7 heteroatoms. The van der Waals surface area contributed by atoms with Crippen molar-refractivity contribution in [3.8, 4) is 5.75 Å². The van der Waals surface area contributed by atoms with E-state index in [1.807, 2.05) is 4.90 Å². The molecule has 1 aliphatic heterocycles. The molecular weight excluding hydrogens is 273 g/mol. The molecule has 0 radical (unpaired) electrons. The summed E-state index contributed by atoms with van der Waals surface area (Å²) in [7, 11) is 0. The third-order valence-electron chi connectivity index (χ3n) is 3.20. The Balaban J connectivity index is 1.98. The number of aliphatic hydroxyl groups excluding tert-OH is 1. The lowest BCUT2D eigenvalue weighted by atomic mass is 10.2. The third-order valence-corrected chi connectivity index (χ3v) is 3.20. The Kier molecular flexibility index (Phi) is 4.72. The van der Waals surface area contributed by atoms with Gasteiger partial charge in [0.1, 0.15) is 5.75 Å². The van der Waals surface area contributed by atoms with Gasteiger partial charge in [-0.15, -0.1) is 13.2 Å². The van der Waals surface area contributed by atoms with Crippen molar-refractivity contribution in [1.29, 1.82) is 0 Å². The van der Waals surface area contributed by atoms with E-state index in [2.05, 4.69) is 9.64 Å². The Labute approximate surface area is 115 Å². The highest BCUT2D eigenvalue weighted by Crippen LogP contribution is 2.27. The molecule has 1 aliphatic rings. The molecule has 0 spiro atoms. The number of aliphatic hydroxyl groups is 1. The number of piperazine rings is 1. The fraction of sp³-hybridized carbons (Fsp3) is 0.538. The summed E-state index contributed by atoms with van der Waals surface area (Å²) in [6.07, 6.45) is -4.67. The first-order chi connectivity index (χ1) is 9.48. The van der Waals surface area contributed by atoms with Gasteiger partial charge in [0.25, 0.3) is 0 Å². The predicted octanol–water partition coefficient (Wildman–Crippen LogP) is 1.70. The summed E-state index contributed by atoms with van der Waals surface area (Å²) in [6.45, 7) is 3.75. The van der Waals surface area contributed by atoms with E-state index in [9.17, 15) is 13.2 Å². The second-order valence-corrected chi connectivity index (χ2v) is 4.60. The van der Waals surface area contributed by atoms with E-state index >= 15 is 0 Å². The summed E-state index contributed by atoms with van der Waals surface area (Å²) >= 11 is 0. The summed E-state index contributed by atoms with van der Waals surface area (Å²) in [5, 5.41) is 8.87. The molecule has 1 heterocycles. The Bertz CT molecular complexity index is 432. The number of halogens is 3. The Morgan fingerprint density at radius 3 is 2.45 bits per heavy atom. The lowest BCUT2D eigenvalue weighted by Crippen LogP contribution is -2.47. The molecule has 1 N–H and O–H groups in total. The molecule has 0 atom stereocenters. The van der Waals surface area contributed by atoms with Crippen LogP contribution in [0.4, 0.5) is 18.9 Å². The molecule has 0 bridgehead atoms. The zero-order valence-corrected chi connectivity index (χ0v) is 10.9. The molecule has 2 rings (SSSR count). The summed E-state index contributed by atoms with van der Waals surface area (Å²) in [5.41, 5.74) is 0.718. The Morgan fingerprint density at radius 1 is 1.15 bits per heavy atom. The fourth-order valence-electron chi connectivity index (χ4n) is 2.25. The topological polar surface area (TPSA) is 35.9 Å². The number of anilines is 1. The zero-order chi connectivity index (χ0) is 14.6. The average Bonchev–Trinajstić information content (AvgIpc) is 2.38. The number of β-amino-alcohol motifs (C(OH)–C–C–N with tert-alkyl or cyclic N) is 1. The van der Waals surface area contributed by atoms with Gasteiger partial charge in [0, 0.05) is 44.5 Å². The average molecular weight is 290 g/mol. The Hall–Kier alpha value is -1.47. The lowest BCUT2D eigenvalue weighted by molar-refractivity contribution is -0.274. The fourth-order valence-corrected chi connectivity index (χ4v) is 2.25. The molecule has 0 amide bonds. The van der Waals surface area contributed by atoms with Gasteiger partial charge in [-0.2, -0.15) is 0 Å². The molecule has 0 aliphatic carbocycles. The van der Waals surface area contributed by atoms with Gasteiger partial charge in [-0.1, -0.05) is 6.07 Å². The second kappa shape index (κ2) is 6.32. The van der Waals surface area contributed by atoms with Crippen LogP contribution < -0.4 is 9.64 Å². The van der Waals surface area contributed by atoms with Crippen molar-refractivity contribution in [2.75, 3.05) is 44.2 Å². The molecule has 20 heavy (non-hydrogen) atoms. The number of nitrogens with zero attached hydrogens (tertiary/aromatic N) is 2. The van der Waals surface area contributed by atoms with Gasteiger partial charge in [0.05, 0.1) is 6.61 Å². The van der Waals surface area contributed by atoms with Crippen LogP contribution in [0.25, 0.3) is 0 Å². The molecule has 4 nitrogen and oxygen atoms in total. The van der Waals surface area contributed by atoms with Crippen molar-refractivity contribution in [1.82, 2.24) is 4.90 Å². The van der Waals surface area contributed by atoms with Crippen LogP contribution in [0, 0.1) is 0 Å². The lowest BCUT2D eigenvalue weighted by Gasteiger charge is -2.35. The number of benzene rings is 1. The van der Waals surface area contributed by atoms with Crippen LogP contribution in [0.5, 0.6) is 5.75 Å². The number of rotatable bonds is 4. The van der Waals surface area contributed by atoms with E-state index in [4.69, 9.17) is 5.11 Å². The monoisotopic (exact) mass is 290 g/mol. The summed E-state index contributed by atoms with van der Waals surface area (Å²) < 4.78 is 40.5. The number of alkyl halides is 3. The largest absolute Gasteiger partial charge is 0.573 e. The van der Waals surface area contributed by atoms with Crippen LogP contribution in [0.1, 0.15) is 0 Å². The maximum absolute atomic E-state index is 12.2. The summed E-state index contributed by atoms with van der Waals surface area (Å²) in [4.78, 5) is 4.13. The predicted molar refractivity (Wildman–Crippen MR) is 68.9 cm³/mol. The molecule has 0 saturated carbocycles. The molecule has 1 saturated heterocycles. The molecule has 112 valence electrons. The molecule has 0 unspecified atom stereocenters. The van der Waals surface area contributed by atoms with E-state index < -0.39 is 6.36 Å². The minimum Gasteiger partial charge on any atom is -0.406 e. The van der Waals surface area contributed by atoms with Crippen LogP contribution in [0.2, 0.25) is 0 Å². The highest BCUT2D eigenvalue weighted by Gasteiger charge is 2.31. The van der Waals surface area contributed by atoms with Gasteiger partial charge in [-0.05, 0) is 12.1 Å². The van der Waals surface area contributed by atoms with Gasteiger partial charge < -0.3 is 14.7 Å². The van der Waals surface area contributed by atoms with Crippen molar-refractivity contribution >= 4 is 5.69 Å². The smallest absolute Gasteiger partial charge is 0.406 e. The maximum Gasteiger partial charge on any atom is 0.573 e. The molecule has 1 fully saturated rings. The first-order valence-electron chi connectivity index (χ1n) is 6.42. The van der Waals surface area contributed by atoms with Gasteiger partial charge >= 0.3 is 6.36 Å². The van der Waals surface area contributed by atoms with Gasteiger partial charge in [0.2, 0.25) is 0 Å². The standard InChI is InChI=1S/C13H17F3N2O2/c14-13(15,16)20-12-3-1-2-11(10-12)18-6-4-17(5-7-18)8-9-19/h1-3,10,19H,4-9H2. The van der Waals surface area contributed by atoms with Gasteiger partial charge in [-0.3, -0.25) is 4.90 Å². The van der Waals surface area contributed by atoms with Crippen molar-refractivity contribution in [3.05, 3.63) is 24.3 Å². The minimum absolute atomic E-state index is 0.120. The third kappa shape index (κ3) is 4.28. The van der Waals surface area contributed by atoms with Gasteiger partial charge in [0.15, 0.2) is 0 Å².